The van der Waals surface area contributed by atoms with Gasteiger partial charge in [-0.2, -0.15) is 13.2 Å². The van der Waals surface area contributed by atoms with E-state index in [9.17, 15) is 17.6 Å². The molecule has 1 aromatic carbocycles. The van der Waals surface area contributed by atoms with Crippen molar-refractivity contribution in [1.29, 1.82) is 0 Å². The molecule has 0 spiro atoms. The summed E-state index contributed by atoms with van der Waals surface area (Å²) in [6.07, 6.45) is -4.19. The quantitative estimate of drug-likeness (QED) is 0.789. The van der Waals surface area contributed by atoms with Gasteiger partial charge < -0.3 is 4.90 Å². The third-order valence-corrected chi connectivity index (χ3v) is 4.01. The molecule has 1 saturated heterocycles. The summed E-state index contributed by atoms with van der Waals surface area (Å²) in [6, 6.07) is 6.53. The Balaban J connectivity index is 1.85. The average Bonchev–Trinajstić information content (AvgIpc) is 2.45. The van der Waals surface area contributed by atoms with Gasteiger partial charge in [0.2, 0.25) is 0 Å². The summed E-state index contributed by atoms with van der Waals surface area (Å²) in [6.45, 7) is 2.40. The normalized spacial score (nSPS) is 17.0. The molecule has 1 aliphatic heterocycles. The number of hydrogen-bond donors (Lipinski definition) is 0. The van der Waals surface area contributed by atoms with Gasteiger partial charge in [0, 0.05) is 31.9 Å². The maximum absolute atomic E-state index is 14.2. The Labute approximate surface area is 131 Å². The lowest BCUT2D eigenvalue weighted by atomic mass is 10.1. The predicted molar refractivity (Wildman–Crippen MR) is 81.1 cm³/mol. The molecule has 0 bridgehead atoms. The molecule has 2 heterocycles. The zero-order valence-electron chi connectivity index (χ0n) is 12.7. The van der Waals surface area contributed by atoms with Gasteiger partial charge >= 0.3 is 6.18 Å². The number of halogens is 4. The van der Waals surface area contributed by atoms with Crippen molar-refractivity contribution in [3.63, 3.8) is 0 Å². The van der Waals surface area contributed by atoms with Gasteiger partial charge in [-0.15, -0.1) is 0 Å². The minimum atomic E-state index is -4.19. The fourth-order valence-electron chi connectivity index (χ4n) is 3.00. The van der Waals surface area contributed by atoms with Crippen molar-refractivity contribution in [1.82, 2.24) is 9.88 Å². The van der Waals surface area contributed by atoms with E-state index < -0.39 is 12.7 Å². The Morgan fingerprint density at radius 2 is 1.83 bits per heavy atom. The summed E-state index contributed by atoms with van der Waals surface area (Å²) in [5, 5.41) is 0.433. The number of hydrogen-bond acceptors (Lipinski definition) is 3. The van der Waals surface area contributed by atoms with Crippen LogP contribution < -0.4 is 4.90 Å². The predicted octanol–water partition coefficient (Wildman–Crippen LogP) is 3.37. The number of aryl methyl sites for hydroxylation is 1. The maximum atomic E-state index is 14.2. The molecule has 0 N–H and O–H groups in total. The van der Waals surface area contributed by atoms with Crippen LogP contribution in [0, 0.1) is 12.7 Å². The second kappa shape index (κ2) is 5.96. The van der Waals surface area contributed by atoms with Crippen LogP contribution in [0.25, 0.3) is 10.9 Å². The molecule has 7 heteroatoms. The molecule has 0 saturated carbocycles. The first-order valence-electron chi connectivity index (χ1n) is 7.43. The highest BCUT2D eigenvalue weighted by atomic mass is 19.4. The number of rotatable bonds is 2. The third-order valence-electron chi connectivity index (χ3n) is 4.01. The number of pyridine rings is 1. The summed E-state index contributed by atoms with van der Waals surface area (Å²) in [5.41, 5.74) is 2.03. The maximum Gasteiger partial charge on any atom is 0.401 e. The van der Waals surface area contributed by atoms with Crippen LogP contribution in [0.5, 0.6) is 0 Å². The van der Waals surface area contributed by atoms with Gasteiger partial charge in [-0.05, 0) is 25.1 Å². The highest BCUT2D eigenvalue weighted by molar-refractivity contribution is 5.92. The zero-order chi connectivity index (χ0) is 16.6. The van der Waals surface area contributed by atoms with E-state index in [1.54, 1.807) is 18.2 Å². The fourth-order valence-corrected chi connectivity index (χ4v) is 3.00. The van der Waals surface area contributed by atoms with Crippen molar-refractivity contribution in [3.8, 4) is 0 Å². The van der Waals surface area contributed by atoms with Crippen molar-refractivity contribution in [3.05, 3.63) is 35.8 Å². The van der Waals surface area contributed by atoms with Crippen LogP contribution in [0.15, 0.2) is 24.3 Å². The molecule has 0 atom stereocenters. The van der Waals surface area contributed by atoms with Crippen LogP contribution in [0.2, 0.25) is 0 Å². The summed E-state index contributed by atoms with van der Waals surface area (Å²) in [4.78, 5) is 7.65. The molecule has 124 valence electrons. The molecule has 0 unspecified atom stereocenters. The van der Waals surface area contributed by atoms with E-state index in [1.165, 1.54) is 11.0 Å². The molecule has 1 fully saturated rings. The third kappa shape index (κ3) is 3.55. The van der Waals surface area contributed by atoms with Crippen molar-refractivity contribution >= 4 is 16.6 Å². The average molecular weight is 327 g/mol. The fraction of sp³-hybridized carbons (Fsp3) is 0.438. The van der Waals surface area contributed by atoms with Gasteiger partial charge in [-0.3, -0.25) is 9.88 Å². The number of alkyl halides is 3. The van der Waals surface area contributed by atoms with Crippen LogP contribution in [-0.4, -0.2) is 48.8 Å². The SMILES string of the molecule is Cc1cc(N2CCN(CC(F)(F)F)CC2)c2c(F)cccc2n1. The summed E-state index contributed by atoms with van der Waals surface area (Å²) >= 11 is 0. The Hall–Kier alpha value is -1.89. The number of aromatic nitrogens is 1. The van der Waals surface area contributed by atoms with Crippen LogP contribution in [0.3, 0.4) is 0 Å². The monoisotopic (exact) mass is 327 g/mol. The Morgan fingerprint density at radius 1 is 1.13 bits per heavy atom. The van der Waals surface area contributed by atoms with Gasteiger partial charge in [-0.1, -0.05) is 6.07 Å². The molecule has 2 aromatic rings. The Kier molecular flexibility index (Phi) is 4.14. The Bertz CT molecular complexity index is 706. The summed E-state index contributed by atoms with van der Waals surface area (Å²) in [5.74, 6) is -0.359. The number of piperazine rings is 1. The second-order valence-corrected chi connectivity index (χ2v) is 5.80. The second-order valence-electron chi connectivity index (χ2n) is 5.80. The van der Waals surface area contributed by atoms with Crippen LogP contribution in [0.1, 0.15) is 5.69 Å². The van der Waals surface area contributed by atoms with Gasteiger partial charge in [0.05, 0.1) is 23.1 Å². The lowest BCUT2D eigenvalue weighted by Crippen LogP contribution is -2.49. The van der Waals surface area contributed by atoms with E-state index >= 15 is 0 Å². The van der Waals surface area contributed by atoms with Crippen LogP contribution in [-0.2, 0) is 0 Å². The summed E-state index contributed by atoms with van der Waals surface area (Å²) < 4.78 is 51.6. The van der Waals surface area contributed by atoms with Crippen molar-refractivity contribution in [2.75, 3.05) is 37.6 Å². The minimum absolute atomic E-state index is 0.302. The number of fused-ring (bicyclic) bond motifs is 1. The minimum Gasteiger partial charge on any atom is -0.368 e. The van der Waals surface area contributed by atoms with Crippen molar-refractivity contribution < 1.29 is 17.6 Å². The first-order valence-corrected chi connectivity index (χ1v) is 7.43. The van der Waals surface area contributed by atoms with E-state index in [4.69, 9.17) is 0 Å². The standard InChI is InChI=1S/C16H17F4N3/c1-11-9-14(15-12(17)3-2-4-13(15)21-11)23-7-5-22(6-8-23)10-16(18,19)20/h2-4,9H,5-8,10H2,1H3. The smallest absolute Gasteiger partial charge is 0.368 e. The molecule has 0 radical (unpaired) electrons. The number of benzene rings is 1. The molecule has 1 aromatic heterocycles. The van der Waals surface area contributed by atoms with Gasteiger partial charge in [0.1, 0.15) is 5.82 Å². The van der Waals surface area contributed by atoms with Gasteiger partial charge in [-0.25, -0.2) is 4.39 Å². The highest BCUT2D eigenvalue weighted by Gasteiger charge is 2.32. The van der Waals surface area contributed by atoms with E-state index in [1.807, 2.05) is 11.8 Å². The lowest BCUT2D eigenvalue weighted by molar-refractivity contribution is -0.146. The first-order chi connectivity index (χ1) is 10.8. The zero-order valence-corrected chi connectivity index (χ0v) is 12.7. The van der Waals surface area contributed by atoms with Gasteiger partial charge in [0.25, 0.3) is 0 Å². The molecule has 1 aliphatic rings. The summed E-state index contributed by atoms with van der Waals surface area (Å²) in [7, 11) is 0. The number of nitrogens with zero attached hydrogens (tertiary/aromatic N) is 3. The molecule has 0 amide bonds. The topological polar surface area (TPSA) is 19.4 Å². The van der Waals surface area contributed by atoms with Crippen molar-refractivity contribution in [2.45, 2.75) is 13.1 Å². The highest BCUT2D eigenvalue weighted by Crippen LogP contribution is 2.30. The van der Waals surface area contributed by atoms with Gasteiger partial charge in [0.15, 0.2) is 0 Å². The van der Waals surface area contributed by atoms with Crippen LogP contribution in [0.4, 0.5) is 23.2 Å². The lowest BCUT2D eigenvalue weighted by Gasteiger charge is -2.36. The molecule has 3 nitrogen and oxygen atoms in total. The largest absolute Gasteiger partial charge is 0.401 e. The molecule has 3 rings (SSSR count). The Morgan fingerprint density at radius 3 is 2.48 bits per heavy atom. The van der Waals surface area contributed by atoms with E-state index in [-0.39, 0.29) is 5.82 Å². The van der Waals surface area contributed by atoms with E-state index in [0.717, 1.165) is 5.69 Å². The van der Waals surface area contributed by atoms with E-state index in [2.05, 4.69) is 4.98 Å². The van der Waals surface area contributed by atoms with E-state index in [0.29, 0.717) is 42.8 Å². The van der Waals surface area contributed by atoms with Crippen LogP contribution >= 0.6 is 0 Å². The molecular formula is C16H17F4N3. The molecule has 0 aliphatic carbocycles. The number of anilines is 1. The molecule has 23 heavy (non-hydrogen) atoms. The molecular weight excluding hydrogens is 310 g/mol. The van der Waals surface area contributed by atoms with Crippen molar-refractivity contribution in [2.24, 2.45) is 0 Å². The first kappa shape index (κ1) is 16.0.